The standard InChI is InChI=1S/C25H28F3N7.C24H25ClF3N7/c1-14-10-20(30-13-29-14)34-11-15-5-6-16(12-34)23(15)31-25-32-24-18(4-2-3-9-35(24)33-25)17-7-8-19(26)22(28)21(17)27;25-18-9-19(30-12-29-18)34-10-13-4-5-14(11-34)22(13)31-24-32-23-16(3-1-2-8-35(23)33-24)15-6-7-17(26)21(28)20(15)27/h7-8,10,13,15-16,18,23H,2-6,9,11-12H2,1H3,(H,31,33);6-7,9,12-14,16,22H,1-5,8,10-11H2,(H,31,33)/t15-,16+,18-,23?;13-,14+,16?,22?/m1./s1. The van der Waals surface area contributed by atoms with Crippen molar-refractivity contribution in [1.82, 2.24) is 49.5 Å². The second-order valence-electron chi connectivity index (χ2n) is 19.7. The lowest BCUT2D eigenvalue weighted by atomic mass is 9.92. The highest BCUT2D eigenvalue weighted by atomic mass is 35.5. The molecule has 2 saturated carbocycles. The minimum Gasteiger partial charge on any atom is -0.356 e. The smallest absolute Gasteiger partial charge is 0.242 e. The van der Waals surface area contributed by atoms with Crippen LogP contribution in [0.5, 0.6) is 0 Å². The molecule has 4 aromatic heterocycles. The minimum absolute atomic E-state index is 0.128. The van der Waals surface area contributed by atoms with Gasteiger partial charge in [-0.3, -0.25) is 0 Å². The van der Waals surface area contributed by atoms with Gasteiger partial charge in [-0.15, -0.1) is 10.2 Å². The highest BCUT2D eigenvalue weighted by molar-refractivity contribution is 6.29. The maximum absolute atomic E-state index is 14.7. The molecule has 70 heavy (non-hydrogen) atoms. The Morgan fingerprint density at radius 3 is 1.41 bits per heavy atom. The highest BCUT2D eigenvalue weighted by Gasteiger charge is 2.45. The molecule has 2 N–H and O–H groups in total. The van der Waals surface area contributed by atoms with Gasteiger partial charge in [0.1, 0.15) is 41.1 Å². The predicted octanol–water partition coefficient (Wildman–Crippen LogP) is 9.22. The summed E-state index contributed by atoms with van der Waals surface area (Å²) in [6, 6.07) is 8.91. The number of rotatable bonds is 8. The summed E-state index contributed by atoms with van der Waals surface area (Å²) < 4.78 is 88.0. The molecule has 4 bridgehead atoms. The highest BCUT2D eigenvalue weighted by Crippen LogP contribution is 2.43. The van der Waals surface area contributed by atoms with E-state index in [1.54, 1.807) is 21.8 Å². The summed E-state index contributed by atoms with van der Waals surface area (Å²) in [6.45, 7) is 6.80. The van der Waals surface area contributed by atoms with Crippen molar-refractivity contribution in [3.63, 3.8) is 0 Å². The number of piperidine rings is 2. The summed E-state index contributed by atoms with van der Waals surface area (Å²) in [6.07, 6.45) is 12.1. The fourth-order valence-electron chi connectivity index (χ4n) is 12.1. The first-order valence-electron chi connectivity index (χ1n) is 24.4. The molecule has 6 aromatic rings. The molecule has 8 atom stereocenters. The predicted molar refractivity (Wildman–Crippen MR) is 250 cm³/mol. The number of nitrogens with one attached hydrogen (secondary N) is 2. The fraction of sp³-hybridized carbons (Fsp3) is 0.510. The van der Waals surface area contributed by atoms with E-state index in [0.717, 1.165) is 107 Å². The molecule has 2 aliphatic carbocycles. The van der Waals surface area contributed by atoms with Crippen LogP contribution in [-0.2, 0) is 13.1 Å². The fourth-order valence-corrected chi connectivity index (χ4v) is 12.2. The Morgan fingerprint density at radius 2 is 0.971 bits per heavy atom. The Bertz CT molecular complexity index is 2660. The zero-order valence-corrected chi connectivity index (χ0v) is 39.3. The van der Waals surface area contributed by atoms with Crippen LogP contribution in [0.25, 0.3) is 0 Å². The average molecular weight is 988 g/mol. The first kappa shape index (κ1) is 46.3. The third kappa shape index (κ3) is 9.00. The number of hydrogen-bond acceptors (Lipinski definition) is 12. The van der Waals surface area contributed by atoms with Gasteiger partial charge in [-0.1, -0.05) is 36.6 Å². The average Bonchev–Trinajstić information content (AvgIpc) is 3.97. The molecule has 0 amide bonds. The Kier molecular flexibility index (Phi) is 12.8. The summed E-state index contributed by atoms with van der Waals surface area (Å²) in [5, 5.41) is 17.0. The van der Waals surface area contributed by atoms with Crippen molar-refractivity contribution < 1.29 is 26.3 Å². The number of benzene rings is 2. The Balaban J connectivity index is 0.000000152. The van der Waals surface area contributed by atoms with Crippen LogP contribution in [0.4, 0.5) is 49.9 Å². The number of halogens is 7. The summed E-state index contributed by atoms with van der Waals surface area (Å²) in [4.78, 5) is 31.1. The van der Waals surface area contributed by atoms with Crippen molar-refractivity contribution in [3.05, 3.63) is 118 Å². The van der Waals surface area contributed by atoms with Crippen LogP contribution in [0.15, 0.2) is 49.1 Å². The van der Waals surface area contributed by atoms with Crippen LogP contribution < -0.4 is 20.4 Å². The molecule has 0 radical (unpaired) electrons. The van der Waals surface area contributed by atoms with Gasteiger partial charge in [-0.2, -0.15) is 9.97 Å². The molecule has 4 aliphatic heterocycles. The topological polar surface area (TPSA) is 144 Å². The Labute approximate surface area is 405 Å². The third-order valence-electron chi connectivity index (χ3n) is 15.4. The van der Waals surface area contributed by atoms with E-state index < -0.39 is 46.7 Å². The monoisotopic (exact) mass is 986 g/mol. The van der Waals surface area contributed by atoms with Gasteiger partial charge in [-0.25, -0.2) is 55.6 Å². The van der Waals surface area contributed by atoms with E-state index in [1.807, 2.05) is 13.0 Å². The van der Waals surface area contributed by atoms with Crippen molar-refractivity contribution >= 4 is 35.1 Å². The van der Waals surface area contributed by atoms with Crippen LogP contribution in [0.1, 0.15) is 105 Å². The van der Waals surface area contributed by atoms with Crippen molar-refractivity contribution in [2.24, 2.45) is 23.7 Å². The van der Waals surface area contributed by atoms with E-state index in [-0.39, 0.29) is 23.2 Å². The molecule has 2 saturated heterocycles. The summed E-state index contributed by atoms with van der Waals surface area (Å²) in [5.74, 6) is -2.74. The van der Waals surface area contributed by atoms with Crippen molar-refractivity contribution in [2.75, 3.05) is 46.6 Å². The summed E-state index contributed by atoms with van der Waals surface area (Å²) in [5.41, 5.74) is 1.22. The van der Waals surface area contributed by atoms with Crippen molar-refractivity contribution in [2.45, 2.75) is 108 Å². The second-order valence-corrected chi connectivity index (χ2v) is 20.1. The van der Waals surface area contributed by atoms with E-state index in [9.17, 15) is 26.3 Å². The minimum atomic E-state index is -1.44. The van der Waals surface area contributed by atoms with E-state index in [2.05, 4.69) is 45.5 Å². The van der Waals surface area contributed by atoms with Crippen molar-refractivity contribution in [3.8, 4) is 0 Å². The largest absolute Gasteiger partial charge is 0.356 e. The number of anilines is 4. The zero-order chi connectivity index (χ0) is 48.2. The first-order chi connectivity index (χ1) is 33.9. The number of hydrogen-bond donors (Lipinski definition) is 2. The van der Waals surface area contributed by atoms with E-state index in [1.165, 1.54) is 18.5 Å². The third-order valence-corrected chi connectivity index (χ3v) is 15.7. The Morgan fingerprint density at radius 1 is 0.529 bits per heavy atom. The van der Waals surface area contributed by atoms with Crippen LogP contribution in [0, 0.1) is 65.5 Å². The van der Waals surface area contributed by atoms with E-state index in [0.29, 0.717) is 78.3 Å². The number of aryl methyl sites for hydroxylation is 3. The van der Waals surface area contributed by atoms with Crippen LogP contribution in [0.3, 0.4) is 0 Å². The first-order valence-corrected chi connectivity index (χ1v) is 24.8. The van der Waals surface area contributed by atoms with E-state index in [4.69, 9.17) is 26.7 Å². The number of nitrogens with zero attached hydrogens (tertiary/aromatic N) is 12. The normalized spacial score (nSPS) is 25.9. The van der Waals surface area contributed by atoms with Gasteiger partial charge < -0.3 is 20.4 Å². The van der Waals surface area contributed by atoms with Gasteiger partial charge in [0.05, 0.1) is 0 Å². The number of fused-ring (bicyclic) bond motifs is 6. The molecule has 8 heterocycles. The molecule has 368 valence electrons. The lowest BCUT2D eigenvalue weighted by Gasteiger charge is -2.38. The maximum atomic E-state index is 14.7. The Hall–Kier alpha value is -6.05. The molecular formula is C49H53ClF6N14. The molecule has 21 heteroatoms. The molecule has 4 fully saturated rings. The molecule has 2 aromatic carbocycles. The molecular weight excluding hydrogens is 934 g/mol. The molecule has 3 unspecified atom stereocenters. The molecule has 6 aliphatic rings. The van der Waals surface area contributed by atoms with Crippen molar-refractivity contribution in [1.29, 1.82) is 0 Å². The molecule has 0 spiro atoms. The van der Waals surface area contributed by atoms with Gasteiger partial charge in [0.2, 0.25) is 11.9 Å². The molecule has 12 rings (SSSR count). The van der Waals surface area contributed by atoms with Gasteiger partial charge in [0.15, 0.2) is 34.9 Å². The number of aromatic nitrogens is 10. The zero-order valence-electron chi connectivity index (χ0n) is 38.6. The maximum Gasteiger partial charge on any atom is 0.242 e. The SMILES string of the molecule is Cc1cc(N2C[C@H]3CC[C@@H](C2)C3Nc2nc3n(n2)CCCC[C@@H]3c2ccc(F)c(F)c2F)ncn1.Fc1ccc(C2CCCCn3nc(NC4[C@@H]5CC[C@H]4CN(c4cc(Cl)ncn4)C5)nc32)c(F)c1F. The quantitative estimate of drug-likeness (QED) is 0.0853. The lowest BCUT2D eigenvalue weighted by Crippen LogP contribution is -2.48. The second kappa shape index (κ2) is 19.3. The van der Waals surface area contributed by atoms with Gasteiger partial charge in [0, 0.05) is 92.1 Å². The summed E-state index contributed by atoms with van der Waals surface area (Å²) in [7, 11) is 0. The molecule has 14 nitrogen and oxygen atoms in total. The van der Waals surface area contributed by atoms with Gasteiger partial charge in [-0.05, 0) is 94.1 Å². The van der Waals surface area contributed by atoms with Crippen LogP contribution in [0.2, 0.25) is 5.15 Å². The van der Waals surface area contributed by atoms with E-state index >= 15 is 0 Å². The lowest BCUT2D eigenvalue weighted by molar-refractivity contribution is 0.374. The summed E-state index contributed by atoms with van der Waals surface area (Å²) >= 11 is 6.06. The van der Waals surface area contributed by atoms with Crippen LogP contribution >= 0.6 is 11.6 Å². The van der Waals surface area contributed by atoms with Gasteiger partial charge >= 0.3 is 0 Å². The van der Waals surface area contributed by atoms with Crippen LogP contribution in [-0.4, -0.2) is 87.7 Å². The van der Waals surface area contributed by atoms with Gasteiger partial charge in [0.25, 0.3) is 0 Å².